The van der Waals surface area contributed by atoms with Gasteiger partial charge in [-0.25, -0.2) is 0 Å². The molecule has 0 aliphatic carbocycles. The fourth-order valence-corrected chi connectivity index (χ4v) is 3.77. The number of ether oxygens (including phenoxy) is 1. The van der Waals surface area contributed by atoms with E-state index in [0.29, 0.717) is 22.4 Å². The second kappa shape index (κ2) is 6.83. The summed E-state index contributed by atoms with van der Waals surface area (Å²) in [6.45, 7) is 7.67. The number of fused-ring (bicyclic) bond motifs is 1. The summed E-state index contributed by atoms with van der Waals surface area (Å²) < 4.78 is 17.9. The first-order chi connectivity index (χ1) is 12.6. The number of phenols is 1. The van der Waals surface area contributed by atoms with Crippen LogP contribution in [0.25, 0.3) is 10.9 Å². The Balaban J connectivity index is 2.09. The lowest BCUT2D eigenvalue weighted by Gasteiger charge is -2.15. The monoisotopic (exact) mass is 388 g/mol. The smallest absolute Gasteiger partial charge is 0.395 e. The number of hydrogen-bond acceptors (Lipinski definition) is 4. The first-order valence-corrected chi connectivity index (χ1v) is 10.1. The van der Waals surface area contributed by atoms with Gasteiger partial charge in [0.25, 0.3) is 0 Å². The predicted molar refractivity (Wildman–Crippen MR) is 105 cm³/mol. The van der Waals surface area contributed by atoms with E-state index in [9.17, 15) is 19.5 Å². The molecule has 1 unspecified atom stereocenters. The van der Waals surface area contributed by atoms with Crippen LogP contribution in [-0.4, -0.2) is 15.0 Å². The van der Waals surface area contributed by atoms with E-state index in [1.54, 1.807) is 24.3 Å². The standard InChI is InChI=1S/C19H21N2O5P/c1-10(2)14-8-13(5-6-17(14)22)26-19-11(3)7-16-15(12(19)4)9-18(20-16)27(24,25)21-23/h5-10,20,22H,1-4H3,(H,24,25). The van der Waals surface area contributed by atoms with Crippen LogP contribution in [0.4, 0.5) is 0 Å². The van der Waals surface area contributed by atoms with Crippen molar-refractivity contribution >= 4 is 23.9 Å². The van der Waals surface area contributed by atoms with E-state index in [-0.39, 0.29) is 17.1 Å². The topological polar surface area (TPSA) is 112 Å². The van der Waals surface area contributed by atoms with Crippen molar-refractivity contribution in [1.82, 2.24) is 4.98 Å². The van der Waals surface area contributed by atoms with E-state index in [2.05, 4.69) is 9.93 Å². The largest absolute Gasteiger partial charge is 0.508 e. The molecule has 0 aliphatic heterocycles. The van der Waals surface area contributed by atoms with Gasteiger partial charge in [0.2, 0.25) is 0 Å². The third kappa shape index (κ3) is 3.48. The lowest BCUT2D eigenvalue weighted by Crippen LogP contribution is -2.01. The SMILES string of the molecule is Cc1cc2[nH]c(P(=O)(O)N=O)cc2c(C)c1Oc1ccc(O)c(C(C)C)c1. The molecule has 3 N–H and O–H groups in total. The molecule has 2 aromatic carbocycles. The van der Waals surface area contributed by atoms with E-state index in [1.807, 2.05) is 27.7 Å². The third-order valence-electron chi connectivity index (χ3n) is 4.56. The molecule has 0 bridgehead atoms. The van der Waals surface area contributed by atoms with Gasteiger partial charge in [-0.1, -0.05) is 13.8 Å². The number of phenolic OH excluding ortho intramolecular Hbond substituents is 1. The van der Waals surface area contributed by atoms with Crippen molar-refractivity contribution in [3.63, 3.8) is 0 Å². The maximum Gasteiger partial charge on any atom is 0.395 e. The van der Waals surface area contributed by atoms with E-state index >= 15 is 0 Å². The Bertz CT molecular complexity index is 1090. The van der Waals surface area contributed by atoms with Gasteiger partial charge in [0, 0.05) is 27.0 Å². The maximum atomic E-state index is 11.8. The van der Waals surface area contributed by atoms with Crippen LogP contribution in [0, 0.1) is 18.8 Å². The Hall–Kier alpha value is -2.63. The quantitative estimate of drug-likeness (QED) is 0.421. The summed E-state index contributed by atoms with van der Waals surface area (Å²) in [4.78, 5) is 25.4. The first-order valence-electron chi connectivity index (χ1n) is 8.46. The summed E-state index contributed by atoms with van der Waals surface area (Å²) in [5.74, 6) is 1.55. The van der Waals surface area contributed by atoms with Crippen LogP contribution >= 0.6 is 7.52 Å². The minimum absolute atomic E-state index is 0.112. The zero-order chi connectivity index (χ0) is 19.9. The summed E-state index contributed by atoms with van der Waals surface area (Å²) >= 11 is 0. The fourth-order valence-electron chi connectivity index (χ4n) is 3.11. The average molecular weight is 388 g/mol. The van der Waals surface area contributed by atoms with Crippen molar-refractivity contribution in [2.45, 2.75) is 33.6 Å². The molecule has 3 aromatic rings. The molecule has 27 heavy (non-hydrogen) atoms. The van der Waals surface area contributed by atoms with Crippen LogP contribution < -0.4 is 10.2 Å². The highest BCUT2D eigenvalue weighted by Crippen LogP contribution is 2.42. The van der Waals surface area contributed by atoms with Crippen LogP contribution in [0.15, 0.2) is 35.3 Å². The number of rotatable bonds is 5. The van der Waals surface area contributed by atoms with Gasteiger partial charge in [-0.05, 0) is 55.7 Å². The number of nitroso groups, excluding NO2 is 1. The van der Waals surface area contributed by atoms with Crippen molar-refractivity contribution in [2.75, 3.05) is 0 Å². The number of benzene rings is 2. The minimum atomic E-state index is -4.29. The number of aryl methyl sites for hydroxylation is 2. The van der Waals surface area contributed by atoms with Crippen LogP contribution in [-0.2, 0) is 4.57 Å². The summed E-state index contributed by atoms with van der Waals surface area (Å²) in [5.41, 5.74) is 2.88. The summed E-state index contributed by atoms with van der Waals surface area (Å²) in [7, 11) is -4.29. The number of H-pyrrole nitrogens is 1. The fraction of sp³-hybridized carbons (Fsp3) is 0.263. The zero-order valence-corrected chi connectivity index (χ0v) is 16.4. The van der Waals surface area contributed by atoms with Crippen molar-refractivity contribution < 1.29 is 19.3 Å². The summed E-state index contributed by atoms with van der Waals surface area (Å²) in [5, 5.41) is 10.7. The normalized spacial score (nSPS) is 13.7. The Morgan fingerprint density at radius 3 is 2.52 bits per heavy atom. The molecule has 1 aromatic heterocycles. The molecule has 7 nitrogen and oxygen atoms in total. The number of hydrogen-bond donors (Lipinski definition) is 3. The molecule has 142 valence electrons. The van der Waals surface area contributed by atoms with E-state index in [0.717, 1.165) is 16.7 Å². The molecule has 1 heterocycles. The molecule has 0 amide bonds. The van der Waals surface area contributed by atoms with Gasteiger partial charge in [0.05, 0.1) is 0 Å². The Labute approximate surface area is 156 Å². The maximum absolute atomic E-state index is 11.8. The molecule has 3 rings (SSSR count). The van der Waals surface area contributed by atoms with Crippen molar-refractivity contribution in [2.24, 2.45) is 4.95 Å². The third-order valence-corrected chi connectivity index (χ3v) is 5.65. The Morgan fingerprint density at radius 1 is 1.19 bits per heavy atom. The molecule has 0 saturated carbocycles. The van der Waals surface area contributed by atoms with Crippen molar-refractivity contribution in [3.05, 3.63) is 51.9 Å². The van der Waals surface area contributed by atoms with Gasteiger partial charge in [-0.15, -0.1) is 4.91 Å². The molecular formula is C19H21N2O5P. The van der Waals surface area contributed by atoms with Gasteiger partial charge >= 0.3 is 7.52 Å². The number of nitrogens with zero attached hydrogens (tertiary/aromatic N) is 1. The minimum Gasteiger partial charge on any atom is -0.508 e. The molecule has 0 saturated heterocycles. The van der Waals surface area contributed by atoms with Gasteiger partial charge in [-0.2, -0.15) is 0 Å². The van der Waals surface area contributed by atoms with Crippen molar-refractivity contribution in [1.29, 1.82) is 0 Å². The van der Waals surface area contributed by atoms with E-state index in [4.69, 9.17) is 4.74 Å². The van der Waals surface area contributed by atoms with Gasteiger partial charge in [0.15, 0.2) is 0 Å². The highest BCUT2D eigenvalue weighted by Gasteiger charge is 2.26. The second-order valence-electron chi connectivity index (χ2n) is 6.87. The zero-order valence-electron chi connectivity index (χ0n) is 15.5. The molecule has 8 heteroatoms. The lowest BCUT2D eigenvalue weighted by atomic mass is 10.0. The van der Waals surface area contributed by atoms with Gasteiger partial charge in [0.1, 0.15) is 22.7 Å². The van der Waals surface area contributed by atoms with Crippen molar-refractivity contribution in [3.8, 4) is 17.2 Å². The lowest BCUT2D eigenvalue weighted by molar-refractivity contribution is 0.453. The number of nitrogens with one attached hydrogen (secondary N) is 1. The Kier molecular flexibility index (Phi) is 4.84. The summed E-state index contributed by atoms with van der Waals surface area (Å²) in [6, 6.07) is 8.32. The molecule has 0 radical (unpaired) electrons. The molecule has 1 atom stereocenters. The predicted octanol–water partition coefficient (Wildman–Crippen LogP) is 4.98. The first kappa shape index (κ1) is 19.1. The molecular weight excluding hydrogens is 367 g/mol. The number of aromatic hydroxyl groups is 1. The van der Waals surface area contributed by atoms with E-state index in [1.165, 1.54) is 6.07 Å². The molecule has 0 aliphatic rings. The van der Waals surface area contributed by atoms with Gasteiger partial charge in [-0.3, -0.25) is 4.57 Å². The summed E-state index contributed by atoms with van der Waals surface area (Å²) in [6.07, 6.45) is 0. The molecule has 0 fully saturated rings. The highest BCUT2D eigenvalue weighted by molar-refractivity contribution is 7.64. The number of aromatic amines is 1. The Morgan fingerprint density at radius 2 is 1.89 bits per heavy atom. The van der Waals surface area contributed by atoms with E-state index < -0.39 is 7.52 Å². The molecule has 0 spiro atoms. The van der Waals surface area contributed by atoms with Crippen LogP contribution in [0.5, 0.6) is 17.2 Å². The highest BCUT2D eigenvalue weighted by atomic mass is 31.2. The average Bonchev–Trinajstić information content (AvgIpc) is 3.04. The van der Waals surface area contributed by atoms with Crippen LogP contribution in [0.3, 0.4) is 0 Å². The second-order valence-corrected chi connectivity index (χ2v) is 8.60. The van der Waals surface area contributed by atoms with Gasteiger partial charge < -0.3 is 19.7 Å². The number of aromatic nitrogens is 1. The van der Waals surface area contributed by atoms with Crippen LogP contribution in [0.1, 0.15) is 36.5 Å². The van der Waals surface area contributed by atoms with Crippen LogP contribution in [0.2, 0.25) is 0 Å².